The number of amides is 1. The minimum Gasteiger partial charge on any atom is -0.466 e. The van der Waals surface area contributed by atoms with Crippen LogP contribution < -0.4 is 10.2 Å². The van der Waals surface area contributed by atoms with Gasteiger partial charge in [0.25, 0.3) is 5.91 Å². The third kappa shape index (κ3) is 6.12. The quantitative estimate of drug-likeness (QED) is 0.590. The van der Waals surface area contributed by atoms with Gasteiger partial charge < -0.3 is 15.0 Å². The van der Waals surface area contributed by atoms with Crippen molar-refractivity contribution in [1.29, 1.82) is 0 Å². The molecule has 1 aliphatic rings. The van der Waals surface area contributed by atoms with E-state index in [9.17, 15) is 22.8 Å². The average molecular weight is 470 g/mol. The normalized spacial score (nSPS) is 14.8. The molecule has 172 valence electrons. The number of benzene rings is 1. The van der Waals surface area contributed by atoms with Crippen molar-refractivity contribution in [1.82, 2.24) is 4.98 Å². The molecule has 1 N–H and O–H groups in total. The number of nitrogens with one attached hydrogen (secondary N) is 1. The first kappa shape index (κ1) is 23.8. The first-order valence-electron chi connectivity index (χ1n) is 10.2. The number of hydrogen-bond donors (Lipinski definition) is 1. The molecule has 1 amide bonds. The van der Waals surface area contributed by atoms with Crippen LogP contribution in [0.25, 0.3) is 0 Å². The molecule has 0 spiro atoms. The lowest BCUT2D eigenvalue weighted by molar-refractivity contribution is -0.144. The molecule has 1 aromatic heterocycles. The maximum atomic E-state index is 13.3. The van der Waals surface area contributed by atoms with Crippen LogP contribution in [0.5, 0.6) is 0 Å². The Labute approximate surface area is 188 Å². The van der Waals surface area contributed by atoms with E-state index in [1.165, 1.54) is 12.1 Å². The highest BCUT2D eigenvalue weighted by Crippen LogP contribution is 2.35. The monoisotopic (exact) mass is 469 g/mol. The van der Waals surface area contributed by atoms with E-state index in [0.29, 0.717) is 37.6 Å². The van der Waals surface area contributed by atoms with Gasteiger partial charge in [0.15, 0.2) is 5.82 Å². The number of alkyl halides is 3. The van der Waals surface area contributed by atoms with Crippen LogP contribution in [-0.2, 0) is 15.7 Å². The standard InChI is InChI=1S/C22H23ClF3N3O3/c1-2-32-19(30)12-14-8-10-29(11-9-14)20-17(6-7-18(28-20)22(24,25)26)27-21(31)15-4-3-5-16(23)13-15/h3-7,13-14H,2,8-12H2,1H3,(H,27,31). The number of pyridine rings is 1. The number of hydrogen-bond acceptors (Lipinski definition) is 5. The van der Waals surface area contributed by atoms with E-state index in [4.69, 9.17) is 16.3 Å². The highest BCUT2D eigenvalue weighted by atomic mass is 35.5. The van der Waals surface area contributed by atoms with E-state index in [1.807, 2.05) is 0 Å². The third-order valence-corrected chi connectivity index (χ3v) is 5.41. The van der Waals surface area contributed by atoms with Crippen molar-refractivity contribution in [2.45, 2.75) is 32.4 Å². The average Bonchev–Trinajstić information content (AvgIpc) is 2.74. The van der Waals surface area contributed by atoms with Crippen LogP contribution in [0.4, 0.5) is 24.7 Å². The molecule has 1 saturated heterocycles. The van der Waals surface area contributed by atoms with E-state index in [-0.39, 0.29) is 35.4 Å². The van der Waals surface area contributed by atoms with Gasteiger partial charge in [0, 0.05) is 30.1 Å². The molecule has 0 saturated carbocycles. The van der Waals surface area contributed by atoms with Crippen LogP contribution in [0.1, 0.15) is 42.2 Å². The highest BCUT2D eigenvalue weighted by Gasteiger charge is 2.34. The van der Waals surface area contributed by atoms with E-state index in [2.05, 4.69) is 10.3 Å². The summed E-state index contributed by atoms with van der Waals surface area (Å²) in [4.78, 5) is 29.9. The molecule has 0 aliphatic carbocycles. The van der Waals surface area contributed by atoms with Crippen molar-refractivity contribution < 1.29 is 27.5 Å². The van der Waals surface area contributed by atoms with Gasteiger partial charge in [-0.3, -0.25) is 9.59 Å². The Morgan fingerprint density at radius 3 is 2.56 bits per heavy atom. The molecule has 2 aromatic rings. The minimum absolute atomic E-state index is 0.0461. The van der Waals surface area contributed by atoms with Crippen LogP contribution in [-0.4, -0.2) is 36.6 Å². The Bertz CT molecular complexity index is 976. The summed E-state index contributed by atoms with van der Waals surface area (Å²) in [5.74, 6) is -0.657. The Morgan fingerprint density at radius 2 is 1.94 bits per heavy atom. The Kier molecular flexibility index (Phi) is 7.60. The number of rotatable bonds is 6. The number of ether oxygens (including phenoxy) is 1. The van der Waals surface area contributed by atoms with Gasteiger partial charge in [-0.05, 0) is 56.0 Å². The number of carbonyl (C=O) groups is 2. The smallest absolute Gasteiger partial charge is 0.433 e. The molecule has 0 bridgehead atoms. The number of halogens is 4. The molecule has 32 heavy (non-hydrogen) atoms. The number of piperidine rings is 1. The van der Waals surface area contributed by atoms with Crippen molar-refractivity contribution in [3.63, 3.8) is 0 Å². The maximum absolute atomic E-state index is 13.3. The molecule has 1 fully saturated rings. The van der Waals surface area contributed by atoms with Crippen LogP contribution >= 0.6 is 11.6 Å². The van der Waals surface area contributed by atoms with Crippen LogP contribution in [0.15, 0.2) is 36.4 Å². The van der Waals surface area contributed by atoms with Gasteiger partial charge in [-0.2, -0.15) is 13.2 Å². The van der Waals surface area contributed by atoms with Crippen molar-refractivity contribution in [2.75, 3.05) is 29.9 Å². The summed E-state index contributed by atoms with van der Waals surface area (Å²) < 4.78 is 44.8. The molecule has 10 heteroatoms. The fourth-order valence-corrected chi connectivity index (χ4v) is 3.76. The number of carbonyl (C=O) groups excluding carboxylic acids is 2. The first-order valence-corrected chi connectivity index (χ1v) is 10.6. The molecular formula is C22H23ClF3N3O3. The Balaban J connectivity index is 1.80. The van der Waals surface area contributed by atoms with Gasteiger partial charge in [-0.25, -0.2) is 4.98 Å². The second-order valence-electron chi connectivity index (χ2n) is 7.47. The zero-order chi connectivity index (χ0) is 23.3. The Morgan fingerprint density at radius 1 is 1.22 bits per heavy atom. The summed E-state index contributed by atoms with van der Waals surface area (Å²) >= 11 is 5.93. The van der Waals surface area contributed by atoms with E-state index in [0.717, 1.165) is 6.07 Å². The predicted octanol–water partition coefficient (Wildman–Crippen LogP) is 5.18. The van der Waals surface area contributed by atoms with Gasteiger partial charge in [0.05, 0.1) is 12.3 Å². The number of esters is 1. The molecule has 0 atom stereocenters. The Hall–Kier alpha value is -2.81. The van der Waals surface area contributed by atoms with E-state index in [1.54, 1.807) is 30.0 Å². The summed E-state index contributed by atoms with van der Waals surface area (Å²) in [5.41, 5.74) is -0.592. The van der Waals surface area contributed by atoms with Crippen LogP contribution in [0, 0.1) is 5.92 Å². The van der Waals surface area contributed by atoms with Gasteiger partial charge >= 0.3 is 12.1 Å². The lowest BCUT2D eigenvalue weighted by atomic mass is 9.93. The predicted molar refractivity (Wildman–Crippen MR) is 115 cm³/mol. The van der Waals surface area contributed by atoms with Gasteiger partial charge in [0.1, 0.15) is 5.69 Å². The van der Waals surface area contributed by atoms with Gasteiger partial charge in [-0.15, -0.1) is 0 Å². The summed E-state index contributed by atoms with van der Waals surface area (Å²) in [7, 11) is 0. The summed E-state index contributed by atoms with van der Waals surface area (Å²) in [5, 5.41) is 3.01. The van der Waals surface area contributed by atoms with Crippen LogP contribution in [0.3, 0.4) is 0 Å². The van der Waals surface area contributed by atoms with Gasteiger partial charge in [-0.1, -0.05) is 17.7 Å². The summed E-state index contributed by atoms with van der Waals surface area (Å²) in [6, 6.07) is 8.29. The molecule has 1 aliphatic heterocycles. The molecular weight excluding hydrogens is 447 g/mol. The first-order chi connectivity index (χ1) is 15.2. The minimum atomic E-state index is -4.62. The number of aromatic nitrogens is 1. The second kappa shape index (κ2) is 10.2. The third-order valence-electron chi connectivity index (χ3n) is 5.18. The maximum Gasteiger partial charge on any atom is 0.433 e. The van der Waals surface area contributed by atoms with E-state index < -0.39 is 17.8 Å². The molecule has 6 nitrogen and oxygen atoms in total. The zero-order valence-corrected chi connectivity index (χ0v) is 18.2. The summed E-state index contributed by atoms with van der Waals surface area (Å²) in [6.45, 7) is 2.84. The molecule has 0 radical (unpaired) electrons. The van der Waals surface area contributed by atoms with Crippen molar-refractivity contribution in [3.05, 3.63) is 52.7 Å². The highest BCUT2D eigenvalue weighted by molar-refractivity contribution is 6.31. The van der Waals surface area contributed by atoms with E-state index >= 15 is 0 Å². The zero-order valence-electron chi connectivity index (χ0n) is 17.4. The molecule has 2 heterocycles. The van der Waals surface area contributed by atoms with Crippen molar-refractivity contribution in [2.24, 2.45) is 5.92 Å². The topological polar surface area (TPSA) is 71.5 Å². The number of nitrogens with zero attached hydrogens (tertiary/aromatic N) is 2. The number of anilines is 2. The molecule has 1 aromatic carbocycles. The second-order valence-corrected chi connectivity index (χ2v) is 7.91. The largest absolute Gasteiger partial charge is 0.466 e. The fraction of sp³-hybridized carbons (Fsp3) is 0.409. The lowest BCUT2D eigenvalue weighted by Gasteiger charge is -2.33. The van der Waals surface area contributed by atoms with Crippen molar-refractivity contribution >= 4 is 35.0 Å². The van der Waals surface area contributed by atoms with Crippen LogP contribution in [0.2, 0.25) is 5.02 Å². The van der Waals surface area contributed by atoms with Crippen molar-refractivity contribution in [3.8, 4) is 0 Å². The lowest BCUT2D eigenvalue weighted by Crippen LogP contribution is -2.36. The fourth-order valence-electron chi connectivity index (χ4n) is 3.57. The molecule has 3 rings (SSSR count). The summed E-state index contributed by atoms with van der Waals surface area (Å²) in [6.07, 6.45) is -3.15. The SMILES string of the molecule is CCOC(=O)CC1CCN(c2nc(C(F)(F)F)ccc2NC(=O)c2cccc(Cl)c2)CC1. The molecule has 0 unspecified atom stereocenters. The van der Waals surface area contributed by atoms with Gasteiger partial charge in [0.2, 0.25) is 0 Å².